The molecule has 2 amide bonds. The van der Waals surface area contributed by atoms with Crippen LogP contribution in [0.4, 0.5) is 16.2 Å². The van der Waals surface area contributed by atoms with Crippen LogP contribution in [0.15, 0.2) is 36.5 Å². The maximum Gasteiger partial charge on any atom is 0.339 e. The van der Waals surface area contributed by atoms with Crippen LogP contribution in [0.3, 0.4) is 0 Å². The van der Waals surface area contributed by atoms with Gasteiger partial charge in [0.1, 0.15) is 11.3 Å². The molecule has 7 nitrogen and oxygen atoms in total. The molecule has 0 saturated carbocycles. The predicted molar refractivity (Wildman–Crippen MR) is 76.7 cm³/mol. The number of pyridine rings is 1. The number of aromatic carboxylic acids is 1. The highest BCUT2D eigenvalue weighted by Gasteiger charge is 2.12. The van der Waals surface area contributed by atoms with Crippen molar-refractivity contribution in [1.29, 1.82) is 0 Å². The number of anilines is 2. The molecule has 0 saturated heterocycles. The highest BCUT2D eigenvalue weighted by Crippen LogP contribution is 2.21. The molecule has 1 aromatic heterocycles. The first-order valence-corrected chi connectivity index (χ1v) is 6.03. The van der Waals surface area contributed by atoms with E-state index >= 15 is 0 Å². The zero-order chi connectivity index (χ0) is 15.4. The monoisotopic (exact) mass is 287 g/mol. The van der Waals surface area contributed by atoms with Crippen molar-refractivity contribution >= 4 is 23.4 Å². The number of carbonyl (C=O) groups excluding carboxylic acids is 1. The molecule has 0 bridgehead atoms. The highest BCUT2D eigenvalue weighted by atomic mass is 16.4. The van der Waals surface area contributed by atoms with Crippen molar-refractivity contribution in [3.05, 3.63) is 47.8 Å². The van der Waals surface area contributed by atoms with Crippen LogP contribution in [0.25, 0.3) is 0 Å². The molecule has 0 aliphatic carbocycles. The molecular formula is C14H13N3O4. The van der Waals surface area contributed by atoms with Gasteiger partial charge in [-0.05, 0) is 37.3 Å². The van der Waals surface area contributed by atoms with Gasteiger partial charge in [0, 0.05) is 11.9 Å². The fraction of sp³-hybridized carbons (Fsp3) is 0.0714. The number of hydrogen-bond donors (Lipinski definition) is 4. The molecule has 0 spiro atoms. The summed E-state index contributed by atoms with van der Waals surface area (Å²) < 4.78 is 0. The quantitative estimate of drug-likeness (QED) is 0.648. The molecule has 0 atom stereocenters. The van der Waals surface area contributed by atoms with Gasteiger partial charge < -0.3 is 20.8 Å². The van der Waals surface area contributed by atoms with Crippen molar-refractivity contribution in [2.45, 2.75) is 6.92 Å². The number of carboxylic acid groups (broad SMARTS) is 1. The number of aryl methyl sites for hydroxylation is 1. The van der Waals surface area contributed by atoms with E-state index < -0.39 is 12.0 Å². The molecule has 1 heterocycles. The number of urea groups is 1. The molecule has 0 aliphatic rings. The average Bonchev–Trinajstić information content (AvgIpc) is 2.43. The van der Waals surface area contributed by atoms with Gasteiger partial charge >= 0.3 is 12.0 Å². The molecule has 108 valence electrons. The summed E-state index contributed by atoms with van der Waals surface area (Å²) in [4.78, 5) is 26.8. The van der Waals surface area contributed by atoms with Crippen molar-refractivity contribution in [3.63, 3.8) is 0 Å². The summed E-state index contributed by atoms with van der Waals surface area (Å²) in [5.74, 6) is -1.64. The number of nitrogens with one attached hydrogen (secondary N) is 2. The Morgan fingerprint density at radius 3 is 2.62 bits per heavy atom. The van der Waals surface area contributed by atoms with Gasteiger partial charge in [0.15, 0.2) is 0 Å². The summed E-state index contributed by atoms with van der Waals surface area (Å²) in [6, 6.07) is 6.62. The van der Waals surface area contributed by atoms with Crippen molar-refractivity contribution in [2.24, 2.45) is 0 Å². The maximum atomic E-state index is 11.8. The van der Waals surface area contributed by atoms with Crippen LogP contribution in [0.5, 0.6) is 5.75 Å². The van der Waals surface area contributed by atoms with E-state index in [0.29, 0.717) is 11.4 Å². The summed E-state index contributed by atoms with van der Waals surface area (Å²) in [5, 5.41) is 23.4. The minimum atomic E-state index is -1.28. The summed E-state index contributed by atoms with van der Waals surface area (Å²) >= 11 is 0. The average molecular weight is 287 g/mol. The highest BCUT2D eigenvalue weighted by molar-refractivity contribution is 6.01. The summed E-state index contributed by atoms with van der Waals surface area (Å²) in [6.45, 7) is 1.75. The molecule has 0 aliphatic heterocycles. The number of benzene rings is 1. The van der Waals surface area contributed by atoms with Crippen LogP contribution in [0, 0.1) is 6.92 Å². The second-order valence-electron chi connectivity index (χ2n) is 4.25. The van der Waals surface area contributed by atoms with Gasteiger partial charge in [-0.2, -0.15) is 0 Å². The van der Waals surface area contributed by atoms with Crippen LogP contribution >= 0.6 is 0 Å². The lowest BCUT2D eigenvalue weighted by atomic mass is 10.2. The third-order valence-corrected chi connectivity index (χ3v) is 2.74. The first-order chi connectivity index (χ1) is 9.97. The SMILES string of the molecule is Cc1ncccc1NC(=O)Nc1ccc(O)c(C(=O)O)c1. The number of hydrogen-bond acceptors (Lipinski definition) is 4. The van der Waals surface area contributed by atoms with Crippen LogP contribution in [0.1, 0.15) is 16.1 Å². The van der Waals surface area contributed by atoms with E-state index in [9.17, 15) is 14.7 Å². The van der Waals surface area contributed by atoms with E-state index in [1.165, 1.54) is 18.2 Å². The zero-order valence-corrected chi connectivity index (χ0v) is 11.1. The largest absolute Gasteiger partial charge is 0.507 e. The Kier molecular flexibility index (Phi) is 4.03. The molecule has 4 N–H and O–H groups in total. The van der Waals surface area contributed by atoms with Crippen LogP contribution in [0.2, 0.25) is 0 Å². The Morgan fingerprint density at radius 2 is 1.95 bits per heavy atom. The molecule has 2 aromatic rings. The van der Waals surface area contributed by atoms with Gasteiger partial charge in [-0.15, -0.1) is 0 Å². The lowest BCUT2D eigenvalue weighted by Gasteiger charge is -2.10. The summed E-state index contributed by atoms with van der Waals surface area (Å²) in [6.07, 6.45) is 1.61. The van der Waals surface area contributed by atoms with Crippen LogP contribution in [-0.2, 0) is 0 Å². The van der Waals surface area contributed by atoms with E-state index in [-0.39, 0.29) is 17.0 Å². The number of aromatic nitrogens is 1. The molecular weight excluding hydrogens is 274 g/mol. The lowest BCUT2D eigenvalue weighted by molar-refractivity contribution is 0.0693. The third kappa shape index (κ3) is 3.47. The fourth-order valence-electron chi connectivity index (χ4n) is 1.69. The molecule has 0 unspecified atom stereocenters. The van der Waals surface area contributed by atoms with Gasteiger partial charge in [-0.25, -0.2) is 9.59 Å². The summed E-state index contributed by atoms with van der Waals surface area (Å²) in [7, 11) is 0. The Bertz CT molecular complexity index is 700. The van der Waals surface area contributed by atoms with Crippen LogP contribution < -0.4 is 10.6 Å². The van der Waals surface area contributed by atoms with Crippen LogP contribution in [-0.4, -0.2) is 27.2 Å². The maximum absolute atomic E-state index is 11.8. The first-order valence-electron chi connectivity index (χ1n) is 6.03. The lowest BCUT2D eigenvalue weighted by Crippen LogP contribution is -2.20. The standard InChI is InChI=1S/C14H13N3O4/c1-8-11(3-2-6-15-8)17-14(21)16-9-4-5-12(18)10(7-9)13(19)20/h2-7,18H,1H3,(H,19,20)(H2,16,17,21). The number of aromatic hydroxyl groups is 1. The van der Waals surface area contributed by atoms with Gasteiger partial charge in [-0.1, -0.05) is 0 Å². The Labute approximate surface area is 120 Å². The predicted octanol–water partition coefficient (Wildman–Crippen LogP) is 2.44. The summed E-state index contributed by atoms with van der Waals surface area (Å²) in [5.41, 5.74) is 1.17. The fourth-order valence-corrected chi connectivity index (χ4v) is 1.69. The number of nitrogens with zero attached hydrogens (tertiary/aromatic N) is 1. The van der Waals surface area contributed by atoms with Gasteiger partial charge in [-0.3, -0.25) is 4.98 Å². The molecule has 2 rings (SSSR count). The van der Waals surface area contributed by atoms with Crippen molar-refractivity contribution < 1.29 is 19.8 Å². The van der Waals surface area contributed by atoms with Crippen molar-refractivity contribution in [3.8, 4) is 5.75 Å². The number of amides is 2. The van der Waals surface area contributed by atoms with E-state index in [0.717, 1.165) is 0 Å². The molecule has 0 fully saturated rings. The van der Waals surface area contributed by atoms with Gasteiger partial charge in [0.05, 0.1) is 11.4 Å². The normalized spacial score (nSPS) is 9.95. The number of carboxylic acids is 1. The first kappa shape index (κ1) is 14.3. The van der Waals surface area contributed by atoms with Crippen molar-refractivity contribution in [1.82, 2.24) is 4.98 Å². The second kappa shape index (κ2) is 5.91. The smallest absolute Gasteiger partial charge is 0.339 e. The minimum Gasteiger partial charge on any atom is -0.507 e. The molecule has 21 heavy (non-hydrogen) atoms. The van der Waals surface area contributed by atoms with E-state index in [2.05, 4.69) is 15.6 Å². The topological polar surface area (TPSA) is 112 Å². The number of phenols is 1. The number of carbonyl (C=O) groups is 2. The van der Waals surface area contributed by atoms with E-state index in [1.807, 2.05) is 0 Å². The Hall–Kier alpha value is -3.09. The van der Waals surface area contributed by atoms with E-state index in [4.69, 9.17) is 5.11 Å². The molecule has 1 aromatic carbocycles. The third-order valence-electron chi connectivity index (χ3n) is 2.74. The molecule has 7 heteroatoms. The van der Waals surface area contributed by atoms with Gasteiger partial charge in [0.25, 0.3) is 0 Å². The number of rotatable bonds is 3. The Morgan fingerprint density at radius 1 is 1.19 bits per heavy atom. The van der Waals surface area contributed by atoms with E-state index in [1.54, 1.807) is 25.3 Å². The zero-order valence-electron chi connectivity index (χ0n) is 11.1. The molecule has 0 radical (unpaired) electrons. The minimum absolute atomic E-state index is 0.254. The van der Waals surface area contributed by atoms with Gasteiger partial charge in [0.2, 0.25) is 0 Å². The van der Waals surface area contributed by atoms with Crippen molar-refractivity contribution in [2.75, 3.05) is 10.6 Å². The second-order valence-corrected chi connectivity index (χ2v) is 4.25. The Balaban J connectivity index is 2.12.